The highest BCUT2D eigenvalue weighted by atomic mass is 79.9. The molecule has 0 unspecified atom stereocenters. The van der Waals surface area contributed by atoms with Gasteiger partial charge in [-0.2, -0.15) is 0 Å². The standard InChI is InChI=1S/C11H14BrF2NO.ClH/c1-5(2)3-8(15)9-10(14)7(13)4-6(12)11(9)16;/h4-5,8,16H,3,15H2,1-2H3;1H/t8-;/m1./s1. The smallest absolute Gasteiger partial charge is 0.167 e. The molecule has 0 saturated carbocycles. The van der Waals surface area contributed by atoms with Crippen LogP contribution in [0.5, 0.6) is 5.75 Å². The van der Waals surface area contributed by atoms with E-state index in [9.17, 15) is 13.9 Å². The minimum Gasteiger partial charge on any atom is -0.506 e. The summed E-state index contributed by atoms with van der Waals surface area (Å²) >= 11 is 2.95. The summed E-state index contributed by atoms with van der Waals surface area (Å²) in [5.74, 6) is -2.18. The maximum absolute atomic E-state index is 13.5. The molecule has 3 N–H and O–H groups in total. The molecule has 2 nitrogen and oxygen atoms in total. The lowest BCUT2D eigenvalue weighted by atomic mass is 9.96. The first kappa shape index (κ1) is 16.6. The van der Waals surface area contributed by atoms with Crippen LogP contribution in [-0.2, 0) is 0 Å². The van der Waals surface area contributed by atoms with Gasteiger partial charge in [0, 0.05) is 6.04 Å². The third kappa shape index (κ3) is 3.79. The molecule has 0 bridgehead atoms. The molecule has 0 aliphatic carbocycles. The Bertz CT molecular complexity index is 375. The molecular formula is C11H15BrClF2NO. The first-order chi connectivity index (χ1) is 7.34. The van der Waals surface area contributed by atoms with Gasteiger partial charge in [-0.05, 0) is 34.3 Å². The average molecular weight is 331 g/mol. The highest BCUT2D eigenvalue weighted by Crippen LogP contribution is 2.36. The van der Waals surface area contributed by atoms with Crippen molar-refractivity contribution < 1.29 is 13.9 Å². The number of aromatic hydroxyl groups is 1. The predicted molar refractivity (Wildman–Crippen MR) is 69.4 cm³/mol. The van der Waals surface area contributed by atoms with Crippen LogP contribution in [0.15, 0.2) is 10.5 Å². The molecule has 17 heavy (non-hydrogen) atoms. The lowest BCUT2D eigenvalue weighted by Crippen LogP contribution is -2.15. The van der Waals surface area contributed by atoms with Gasteiger partial charge in [0.25, 0.3) is 0 Å². The van der Waals surface area contributed by atoms with Gasteiger partial charge >= 0.3 is 0 Å². The van der Waals surface area contributed by atoms with Crippen molar-refractivity contribution in [3.8, 4) is 5.75 Å². The van der Waals surface area contributed by atoms with E-state index in [1.54, 1.807) is 0 Å². The molecule has 98 valence electrons. The Morgan fingerprint density at radius 2 is 1.94 bits per heavy atom. The average Bonchev–Trinajstić information content (AvgIpc) is 2.14. The van der Waals surface area contributed by atoms with Gasteiger partial charge in [0.2, 0.25) is 0 Å². The zero-order valence-electron chi connectivity index (χ0n) is 9.51. The van der Waals surface area contributed by atoms with Gasteiger partial charge in [0.05, 0.1) is 10.0 Å². The Morgan fingerprint density at radius 3 is 2.41 bits per heavy atom. The summed E-state index contributed by atoms with van der Waals surface area (Å²) < 4.78 is 26.8. The zero-order chi connectivity index (χ0) is 12.5. The Hall–Kier alpha value is -0.390. The van der Waals surface area contributed by atoms with Gasteiger partial charge in [0.15, 0.2) is 11.6 Å². The summed E-state index contributed by atoms with van der Waals surface area (Å²) in [7, 11) is 0. The fraction of sp³-hybridized carbons (Fsp3) is 0.455. The number of halogens is 4. The summed E-state index contributed by atoms with van der Waals surface area (Å²) in [6.45, 7) is 3.84. The highest BCUT2D eigenvalue weighted by Gasteiger charge is 2.22. The lowest BCUT2D eigenvalue weighted by Gasteiger charge is -2.17. The van der Waals surface area contributed by atoms with Gasteiger partial charge in [-0.15, -0.1) is 12.4 Å². The fourth-order valence-corrected chi connectivity index (χ4v) is 1.98. The van der Waals surface area contributed by atoms with E-state index in [0.717, 1.165) is 6.07 Å². The number of phenols is 1. The Morgan fingerprint density at radius 1 is 1.41 bits per heavy atom. The molecule has 1 aromatic carbocycles. The second kappa shape index (κ2) is 6.52. The zero-order valence-corrected chi connectivity index (χ0v) is 11.9. The van der Waals surface area contributed by atoms with Crippen LogP contribution in [0.3, 0.4) is 0 Å². The molecule has 6 heteroatoms. The van der Waals surface area contributed by atoms with Gasteiger partial charge in [-0.3, -0.25) is 0 Å². The molecule has 0 aliphatic heterocycles. The first-order valence-electron chi connectivity index (χ1n) is 4.96. The maximum Gasteiger partial charge on any atom is 0.167 e. The Labute approximate surface area is 114 Å². The molecule has 0 aliphatic rings. The van der Waals surface area contributed by atoms with Crippen LogP contribution in [0.4, 0.5) is 8.78 Å². The minimum absolute atomic E-state index is 0. The van der Waals surface area contributed by atoms with Crippen LogP contribution in [-0.4, -0.2) is 5.11 Å². The van der Waals surface area contributed by atoms with E-state index >= 15 is 0 Å². The highest BCUT2D eigenvalue weighted by molar-refractivity contribution is 9.10. The van der Waals surface area contributed by atoms with E-state index in [0.29, 0.717) is 6.42 Å². The quantitative estimate of drug-likeness (QED) is 0.826. The van der Waals surface area contributed by atoms with Crippen LogP contribution < -0.4 is 5.73 Å². The number of phenolic OH excluding ortho intramolecular Hbond substituents is 1. The maximum atomic E-state index is 13.5. The van der Waals surface area contributed by atoms with E-state index in [-0.39, 0.29) is 34.1 Å². The van der Waals surface area contributed by atoms with Crippen LogP contribution >= 0.6 is 28.3 Å². The van der Waals surface area contributed by atoms with Crippen LogP contribution in [0, 0.1) is 17.6 Å². The van der Waals surface area contributed by atoms with Gasteiger partial charge in [-0.1, -0.05) is 13.8 Å². The topological polar surface area (TPSA) is 46.2 Å². The van der Waals surface area contributed by atoms with E-state index in [1.807, 2.05) is 13.8 Å². The van der Waals surface area contributed by atoms with E-state index < -0.39 is 17.7 Å². The van der Waals surface area contributed by atoms with Crippen molar-refractivity contribution in [2.24, 2.45) is 11.7 Å². The molecule has 1 rings (SSSR count). The molecule has 0 fully saturated rings. The van der Waals surface area contributed by atoms with Gasteiger partial charge in [0.1, 0.15) is 5.75 Å². The Kier molecular flexibility index (Phi) is 6.37. The second-order valence-corrected chi connectivity index (χ2v) is 5.01. The van der Waals surface area contributed by atoms with E-state index in [4.69, 9.17) is 5.73 Å². The van der Waals surface area contributed by atoms with Gasteiger partial charge < -0.3 is 10.8 Å². The van der Waals surface area contributed by atoms with Crippen molar-refractivity contribution in [2.45, 2.75) is 26.3 Å². The number of hydrogen-bond acceptors (Lipinski definition) is 2. The predicted octanol–water partition coefficient (Wildman–Crippen LogP) is 3.90. The summed E-state index contributed by atoms with van der Waals surface area (Å²) in [5, 5.41) is 9.65. The summed E-state index contributed by atoms with van der Waals surface area (Å²) in [4.78, 5) is 0. The summed E-state index contributed by atoms with van der Waals surface area (Å²) in [6.07, 6.45) is 0.473. The first-order valence-corrected chi connectivity index (χ1v) is 5.75. The molecule has 1 aromatic rings. The fourth-order valence-electron chi connectivity index (χ4n) is 1.57. The van der Waals surface area contributed by atoms with Crippen molar-refractivity contribution in [1.82, 2.24) is 0 Å². The molecule has 0 saturated heterocycles. The van der Waals surface area contributed by atoms with Crippen molar-refractivity contribution >= 4 is 28.3 Å². The number of benzene rings is 1. The van der Waals surface area contributed by atoms with Gasteiger partial charge in [-0.25, -0.2) is 8.78 Å². The molecule has 0 aromatic heterocycles. The molecule has 1 atom stereocenters. The molecule has 0 amide bonds. The largest absolute Gasteiger partial charge is 0.506 e. The Balaban J connectivity index is 0.00000256. The summed E-state index contributed by atoms with van der Waals surface area (Å²) in [5.41, 5.74) is 5.58. The number of nitrogens with two attached hydrogens (primary N) is 1. The monoisotopic (exact) mass is 329 g/mol. The van der Waals surface area contributed by atoms with Crippen molar-refractivity contribution in [1.29, 1.82) is 0 Å². The van der Waals surface area contributed by atoms with Crippen molar-refractivity contribution in [3.63, 3.8) is 0 Å². The van der Waals surface area contributed by atoms with E-state index in [1.165, 1.54) is 0 Å². The second-order valence-electron chi connectivity index (χ2n) is 4.15. The normalized spacial score (nSPS) is 12.4. The van der Waals surface area contributed by atoms with E-state index in [2.05, 4.69) is 15.9 Å². The summed E-state index contributed by atoms with van der Waals surface area (Å²) in [6, 6.07) is 0.169. The molecule has 0 radical (unpaired) electrons. The lowest BCUT2D eigenvalue weighted by molar-refractivity contribution is 0.411. The van der Waals surface area contributed by atoms with Crippen LogP contribution in [0.1, 0.15) is 31.9 Å². The minimum atomic E-state index is -1.08. The third-order valence-electron chi connectivity index (χ3n) is 2.28. The van der Waals surface area contributed by atoms with Crippen molar-refractivity contribution in [3.05, 3.63) is 27.7 Å². The molecule has 0 heterocycles. The SMILES string of the molecule is CC(C)C[C@@H](N)c1c(O)c(Br)cc(F)c1F.Cl. The van der Waals surface area contributed by atoms with Crippen molar-refractivity contribution in [2.75, 3.05) is 0 Å². The van der Waals surface area contributed by atoms with Crippen LogP contribution in [0.2, 0.25) is 0 Å². The number of rotatable bonds is 3. The molecule has 0 spiro atoms. The van der Waals surface area contributed by atoms with Crippen LogP contribution in [0.25, 0.3) is 0 Å². The third-order valence-corrected chi connectivity index (χ3v) is 2.88. The number of hydrogen-bond donors (Lipinski definition) is 2. The molecular weight excluding hydrogens is 315 g/mol.